The van der Waals surface area contributed by atoms with E-state index in [2.05, 4.69) is 19.0 Å². The lowest BCUT2D eigenvalue weighted by atomic mass is 9.91. The van der Waals surface area contributed by atoms with Gasteiger partial charge in [0.05, 0.1) is 0 Å². The fourth-order valence-corrected chi connectivity index (χ4v) is 2.95. The van der Waals surface area contributed by atoms with Crippen LogP contribution in [0.4, 0.5) is 4.39 Å². The van der Waals surface area contributed by atoms with Crippen molar-refractivity contribution in [3.8, 4) is 0 Å². The second kappa shape index (κ2) is 4.75. The molecule has 94 valence electrons. The van der Waals surface area contributed by atoms with E-state index >= 15 is 0 Å². The highest BCUT2D eigenvalue weighted by Crippen LogP contribution is 2.43. The van der Waals surface area contributed by atoms with E-state index in [-0.39, 0.29) is 11.4 Å². The molecule has 1 fully saturated rings. The molecule has 1 aromatic rings. The highest BCUT2D eigenvalue weighted by atomic mass is 19.1. The topological polar surface area (TPSA) is 29.3 Å². The summed E-state index contributed by atoms with van der Waals surface area (Å²) in [6.45, 7) is 0.644. The summed E-state index contributed by atoms with van der Waals surface area (Å²) in [4.78, 5) is 2.20. The molecule has 0 saturated heterocycles. The van der Waals surface area contributed by atoms with E-state index in [0.717, 1.165) is 24.8 Å². The maximum absolute atomic E-state index is 13.8. The molecule has 1 aliphatic carbocycles. The van der Waals surface area contributed by atoms with Crippen molar-refractivity contribution < 1.29 is 4.39 Å². The van der Waals surface area contributed by atoms with E-state index in [9.17, 15) is 4.39 Å². The van der Waals surface area contributed by atoms with Crippen LogP contribution in [0.15, 0.2) is 24.3 Å². The average Bonchev–Trinajstić information content (AvgIpc) is 2.75. The summed E-state index contributed by atoms with van der Waals surface area (Å²) in [5.41, 5.74) is 6.81. The van der Waals surface area contributed by atoms with Crippen molar-refractivity contribution in [2.75, 3.05) is 20.6 Å². The van der Waals surface area contributed by atoms with Crippen molar-refractivity contribution in [1.82, 2.24) is 4.90 Å². The molecule has 0 spiro atoms. The molecule has 0 aliphatic heterocycles. The van der Waals surface area contributed by atoms with Gasteiger partial charge in [0.2, 0.25) is 0 Å². The number of nitrogens with two attached hydrogens (primary N) is 1. The number of halogens is 1. The van der Waals surface area contributed by atoms with Crippen molar-refractivity contribution in [1.29, 1.82) is 0 Å². The van der Waals surface area contributed by atoms with E-state index < -0.39 is 0 Å². The number of nitrogens with zero attached hydrogens (tertiary/aromatic N) is 1. The zero-order chi connectivity index (χ0) is 12.5. The van der Waals surface area contributed by atoms with Crippen LogP contribution < -0.4 is 5.73 Å². The smallest absolute Gasteiger partial charge is 0.126 e. The number of likely N-dealkylation sites (N-methyl/N-ethyl adjacent to an activating group) is 1. The summed E-state index contributed by atoms with van der Waals surface area (Å²) in [7, 11) is 4.13. The Morgan fingerprint density at radius 3 is 2.65 bits per heavy atom. The molecule has 0 bridgehead atoms. The molecule has 2 unspecified atom stereocenters. The number of benzene rings is 1. The molecule has 2 atom stereocenters. The van der Waals surface area contributed by atoms with Crippen LogP contribution in [-0.4, -0.2) is 31.1 Å². The Hall–Kier alpha value is -0.930. The molecule has 3 heteroatoms. The van der Waals surface area contributed by atoms with E-state index in [0.29, 0.717) is 12.5 Å². The van der Waals surface area contributed by atoms with Crippen molar-refractivity contribution >= 4 is 0 Å². The molecule has 1 saturated carbocycles. The average molecular weight is 236 g/mol. The van der Waals surface area contributed by atoms with Crippen LogP contribution in [0.1, 0.15) is 30.7 Å². The van der Waals surface area contributed by atoms with Crippen LogP contribution in [0.5, 0.6) is 0 Å². The Bertz CT molecular complexity index is 392. The molecule has 2 rings (SSSR count). The largest absolute Gasteiger partial charge is 0.329 e. The van der Waals surface area contributed by atoms with Gasteiger partial charge in [0.1, 0.15) is 5.82 Å². The van der Waals surface area contributed by atoms with Gasteiger partial charge in [0.25, 0.3) is 0 Å². The normalized spacial score (nSPS) is 28.9. The van der Waals surface area contributed by atoms with Gasteiger partial charge in [-0.1, -0.05) is 18.2 Å². The molecule has 0 radical (unpaired) electrons. The van der Waals surface area contributed by atoms with Crippen molar-refractivity contribution in [2.24, 2.45) is 5.73 Å². The molecule has 1 aromatic carbocycles. The van der Waals surface area contributed by atoms with E-state index in [1.807, 2.05) is 12.1 Å². The second-order valence-corrected chi connectivity index (χ2v) is 5.28. The quantitative estimate of drug-likeness (QED) is 0.873. The minimum absolute atomic E-state index is 0.0486. The summed E-state index contributed by atoms with van der Waals surface area (Å²) in [6.07, 6.45) is 3.03. The standard InChI is InChI=1S/C14H21FN2/c1-17(2)14(10-16)8-7-11(9-14)12-5-3-4-6-13(12)15/h3-6,11H,7-10,16H2,1-2H3. The summed E-state index contributed by atoms with van der Waals surface area (Å²) in [6, 6.07) is 7.11. The SMILES string of the molecule is CN(C)C1(CN)CCC(c2ccccc2F)C1. The van der Waals surface area contributed by atoms with Gasteiger partial charge in [-0.2, -0.15) is 0 Å². The lowest BCUT2D eigenvalue weighted by Crippen LogP contribution is -2.48. The summed E-state index contributed by atoms with van der Waals surface area (Å²) in [5.74, 6) is 0.228. The molecule has 1 aliphatic rings. The Morgan fingerprint density at radius 1 is 1.41 bits per heavy atom. The molecule has 2 nitrogen and oxygen atoms in total. The van der Waals surface area contributed by atoms with Crippen molar-refractivity contribution in [3.63, 3.8) is 0 Å². The molecule has 0 amide bonds. The van der Waals surface area contributed by atoms with Crippen LogP contribution in [-0.2, 0) is 0 Å². The van der Waals surface area contributed by atoms with Crippen LogP contribution in [0.2, 0.25) is 0 Å². The predicted molar refractivity (Wildman–Crippen MR) is 68.5 cm³/mol. The first-order chi connectivity index (χ1) is 8.09. The van der Waals surface area contributed by atoms with Gasteiger partial charge in [0.15, 0.2) is 0 Å². The van der Waals surface area contributed by atoms with Gasteiger partial charge in [-0.05, 0) is 50.9 Å². The van der Waals surface area contributed by atoms with E-state index in [1.165, 1.54) is 0 Å². The highest BCUT2D eigenvalue weighted by Gasteiger charge is 2.40. The Kier molecular flexibility index (Phi) is 3.50. The fraction of sp³-hybridized carbons (Fsp3) is 0.571. The summed E-state index contributed by atoms with van der Waals surface area (Å²) in [5, 5.41) is 0. The molecule has 0 aromatic heterocycles. The van der Waals surface area contributed by atoms with Gasteiger partial charge < -0.3 is 10.6 Å². The van der Waals surface area contributed by atoms with Crippen molar-refractivity contribution in [2.45, 2.75) is 30.7 Å². The summed E-state index contributed by atoms with van der Waals surface area (Å²) >= 11 is 0. The van der Waals surface area contributed by atoms with Crippen LogP contribution >= 0.6 is 0 Å². The summed E-state index contributed by atoms with van der Waals surface area (Å²) < 4.78 is 13.8. The minimum Gasteiger partial charge on any atom is -0.329 e. The third-order valence-electron chi connectivity index (χ3n) is 4.26. The molecule has 2 N–H and O–H groups in total. The maximum atomic E-state index is 13.8. The van der Waals surface area contributed by atoms with Gasteiger partial charge >= 0.3 is 0 Å². The first kappa shape index (κ1) is 12.5. The second-order valence-electron chi connectivity index (χ2n) is 5.28. The highest BCUT2D eigenvalue weighted by molar-refractivity contribution is 5.24. The van der Waals surface area contributed by atoms with Gasteiger partial charge in [-0.25, -0.2) is 4.39 Å². The predicted octanol–water partition coefficient (Wildman–Crippen LogP) is 2.35. The molecule has 0 heterocycles. The first-order valence-electron chi connectivity index (χ1n) is 6.21. The third-order valence-corrected chi connectivity index (χ3v) is 4.26. The van der Waals surface area contributed by atoms with E-state index in [1.54, 1.807) is 12.1 Å². The molecular weight excluding hydrogens is 215 g/mol. The molecular formula is C14H21FN2. The fourth-order valence-electron chi connectivity index (χ4n) is 2.95. The number of hydrogen-bond donors (Lipinski definition) is 1. The number of hydrogen-bond acceptors (Lipinski definition) is 2. The van der Waals surface area contributed by atoms with Gasteiger partial charge in [0, 0.05) is 12.1 Å². The van der Waals surface area contributed by atoms with E-state index in [4.69, 9.17) is 5.73 Å². The lowest BCUT2D eigenvalue weighted by Gasteiger charge is -2.35. The lowest BCUT2D eigenvalue weighted by molar-refractivity contribution is 0.164. The molecule has 17 heavy (non-hydrogen) atoms. The monoisotopic (exact) mass is 236 g/mol. The van der Waals surface area contributed by atoms with Crippen LogP contribution in [0.3, 0.4) is 0 Å². The minimum atomic E-state index is -0.0796. The third kappa shape index (κ3) is 2.22. The maximum Gasteiger partial charge on any atom is 0.126 e. The zero-order valence-corrected chi connectivity index (χ0v) is 10.6. The number of rotatable bonds is 3. The van der Waals surface area contributed by atoms with Crippen molar-refractivity contribution in [3.05, 3.63) is 35.6 Å². The van der Waals surface area contributed by atoms with Gasteiger partial charge in [-0.15, -0.1) is 0 Å². The first-order valence-corrected chi connectivity index (χ1v) is 6.21. The Labute approximate surface area is 103 Å². The zero-order valence-electron chi connectivity index (χ0n) is 10.6. The van der Waals surface area contributed by atoms with Gasteiger partial charge in [-0.3, -0.25) is 0 Å². The Morgan fingerprint density at radius 2 is 2.12 bits per heavy atom. The van der Waals surface area contributed by atoms with Crippen LogP contribution in [0, 0.1) is 5.82 Å². The van der Waals surface area contributed by atoms with Crippen LogP contribution in [0.25, 0.3) is 0 Å². The Balaban J connectivity index is 2.20.